The van der Waals surface area contributed by atoms with Crippen LogP contribution in [0.2, 0.25) is 0 Å². The molecule has 1 atom stereocenters. The average Bonchev–Trinajstić information content (AvgIpc) is 3.36. The number of furan rings is 1. The lowest BCUT2D eigenvalue weighted by atomic mass is 9.97. The second kappa shape index (κ2) is 8.86. The van der Waals surface area contributed by atoms with Crippen LogP contribution in [0.4, 0.5) is 0 Å². The Balaban J connectivity index is 1.71. The van der Waals surface area contributed by atoms with Gasteiger partial charge in [-0.3, -0.25) is 9.36 Å². The molecule has 0 amide bonds. The molecule has 3 aromatic rings. The van der Waals surface area contributed by atoms with Gasteiger partial charge in [-0.25, -0.2) is 0 Å². The van der Waals surface area contributed by atoms with Gasteiger partial charge in [-0.2, -0.15) is 0 Å². The number of carbonyl (C=O) groups is 1. The summed E-state index contributed by atoms with van der Waals surface area (Å²) in [5.41, 5.74) is 1.98. The van der Waals surface area contributed by atoms with E-state index < -0.39 is 0 Å². The number of benzene rings is 1. The van der Waals surface area contributed by atoms with E-state index in [9.17, 15) is 4.79 Å². The SMILES string of the molecule is C=CCn1c(SCC(=O)c2ccc(C(C)CC)cc2)nnc1-c1ccco1. The number of nitrogens with zero attached hydrogens (tertiary/aromatic N) is 3. The van der Waals surface area contributed by atoms with Gasteiger partial charge in [0.25, 0.3) is 0 Å². The lowest BCUT2D eigenvalue weighted by Gasteiger charge is -2.09. The number of hydrogen-bond donors (Lipinski definition) is 0. The Labute approximate surface area is 163 Å². The van der Waals surface area contributed by atoms with Crippen LogP contribution in [0, 0.1) is 0 Å². The van der Waals surface area contributed by atoms with Gasteiger partial charge in [-0.05, 0) is 30.0 Å². The van der Waals surface area contributed by atoms with Gasteiger partial charge in [0.1, 0.15) is 0 Å². The number of rotatable bonds is 9. The van der Waals surface area contributed by atoms with Crippen molar-refractivity contribution in [1.29, 1.82) is 0 Å². The van der Waals surface area contributed by atoms with E-state index in [0.29, 0.717) is 35.0 Å². The maximum atomic E-state index is 12.6. The molecule has 0 radical (unpaired) electrons. The van der Waals surface area contributed by atoms with Gasteiger partial charge in [-0.1, -0.05) is 56.0 Å². The third-order valence-electron chi connectivity index (χ3n) is 4.52. The standard InChI is InChI=1S/C21H23N3O2S/c1-4-12-24-20(19-7-6-13-26-19)22-23-21(24)27-14-18(25)17-10-8-16(9-11-17)15(3)5-2/h4,6-11,13,15H,1,5,12,14H2,2-3H3. The summed E-state index contributed by atoms with van der Waals surface area (Å²) in [6, 6.07) is 11.5. The molecule has 0 aliphatic carbocycles. The van der Waals surface area contributed by atoms with Crippen LogP contribution in [0.5, 0.6) is 0 Å². The lowest BCUT2D eigenvalue weighted by molar-refractivity contribution is 0.102. The molecule has 1 unspecified atom stereocenters. The van der Waals surface area contributed by atoms with Crippen LogP contribution in [0.1, 0.15) is 42.1 Å². The predicted octanol–water partition coefficient (Wildman–Crippen LogP) is 5.21. The minimum atomic E-state index is 0.0726. The zero-order chi connectivity index (χ0) is 19.2. The van der Waals surface area contributed by atoms with Crippen molar-refractivity contribution in [2.24, 2.45) is 0 Å². The van der Waals surface area contributed by atoms with Crippen molar-refractivity contribution in [3.05, 3.63) is 66.4 Å². The van der Waals surface area contributed by atoms with E-state index in [1.165, 1.54) is 17.3 Å². The smallest absolute Gasteiger partial charge is 0.200 e. The van der Waals surface area contributed by atoms with E-state index in [0.717, 1.165) is 12.0 Å². The summed E-state index contributed by atoms with van der Waals surface area (Å²) in [6.45, 7) is 8.69. The van der Waals surface area contributed by atoms with Crippen molar-refractivity contribution in [1.82, 2.24) is 14.8 Å². The number of carbonyl (C=O) groups excluding carboxylic acids is 1. The Morgan fingerprint density at radius 3 is 2.70 bits per heavy atom. The van der Waals surface area contributed by atoms with Crippen LogP contribution in [0.15, 0.2) is 64.9 Å². The van der Waals surface area contributed by atoms with Gasteiger partial charge < -0.3 is 4.42 Å². The monoisotopic (exact) mass is 381 g/mol. The quantitative estimate of drug-likeness (QED) is 0.289. The highest BCUT2D eigenvalue weighted by Gasteiger charge is 2.17. The summed E-state index contributed by atoms with van der Waals surface area (Å²) >= 11 is 1.37. The molecule has 0 spiro atoms. The second-order valence-electron chi connectivity index (χ2n) is 6.33. The zero-order valence-corrected chi connectivity index (χ0v) is 16.4. The first-order valence-corrected chi connectivity index (χ1v) is 9.96. The summed E-state index contributed by atoms with van der Waals surface area (Å²) in [7, 11) is 0. The Morgan fingerprint density at radius 1 is 1.30 bits per heavy atom. The molecule has 2 heterocycles. The molecule has 2 aromatic heterocycles. The number of aromatic nitrogens is 3. The molecule has 0 N–H and O–H groups in total. The topological polar surface area (TPSA) is 60.9 Å². The van der Waals surface area contributed by atoms with Crippen LogP contribution >= 0.6 is 11.8 Å². The maximum absolute atomic E-state index is 12.6. The molecule has 1 aromatic carbocycles. The fraction of sp³-hybridized carbons (Fsp3) is 0.286. The fourth-order valence-electron chi connectivity index (χ4n) is 2.72. The molecule has 0 bridgehead atoms. The van der Waals surface area contributed by atoms with E-state index in [1.807, 2.05) is 41.0 Å². The number of Topliss-reactive ketones (excluding diaryl/α,β-unsaturated/α-hetero) is 1. The first-order valence-electron chi connectivity index (χ1n) is 8.98. The summed E-state index contributed by atoms with van der Waals surface area (Å²) in [5, 5.41) is 9.10. The van der Waals surface area contributed by atoms with E-state index in [1.54, 1.807) is 12.3 Å². The Hall–Kier alpha value is -2.60. The number of allylic oxidation sites excluding steroid dienone is 1. The number of thioether (sulfide) groups is 1. The first-order chi connectivity index (χ1) is 13.1. The van der Waals surface area contributed by atoms with Gasteiger partial charge in [0.05, 0.1) is 12.0 Å². The average molecular weight is 382 g/mol. The molecule has 0 saturated heterocycles. The highest BCUT2D eigenvalue weighted by molar-refractivity contribution is 7.99. The summed E-state index contributed by atoms with van der Waals surface area (Å²) < 4.78 is 7.32. The molecular weight excluding hydrogens is 358 g/mol. The Bertz CT molecular complexity index is 898. The number of hydrogen-bond acceptors (Lipinski definition) is 5. The molecular formula is C21H23N3O2S. The predicted molar refractivity (Wildman–Crippen MR) is 108 cm³/mol. The van der Waals surface area contributed by atoms with Gasteiger partial charge in [0.15, 0.2) is 16.7 Å². The van der Waals surface area contributed by atoms with Crippen molar-refractivity contribution in [3.8, 4) is 11.6 Å². The zero-order valence-electron chi connectivity index (χ0n) is 15.6. The third kappa shape index (κ3) is 4.39. The number of ketones is 1. The Morgan fingerprint density at radius 2 is 2.07 bits per heavy atom. The van der Waals surface area contributed by atoms with E-state index in [4.69, 9.17) is 4.42 Å². The normalized spacial score (nSPS) is 12.1. The molecule has 6 heteroatoms. The van der Waals surface area contributed by atoms with Gasteiger partial charge >= 0.3 is 0 Å². The highest BCUT2D eigenvalue weighted by atomic mass is 32.2. The largest absolute Gasteiger partial charge is 0.461 e. The van der Waals surface area contributed by atoms with Crippen LogP contribution in [-0.4, -0.2) is 26.3 Å². The molecule has 0 aliphatic heterocycles. The van der Waals surface area contributed by atoms with Gasteiger partial charge in [0.2, 0.25) is 5.82 Å². The van der Waals surface area contributed by atoms with E-state index in [2.05, 4.69) is 30.6 Å². The Kier molecular flexibility index (Phi) is 6.29. The summed E-state index contributed by atoms with van der Waals surface area (Å²) in [6.07, 6.45) is 4.46. The van der Waals surface area contributed by atoms with Crippen molar-refractivity contribution in [2.45, 2.75) is 37.9 Å². The first kappa shape index (κ1) is 19.2. The van der Waals surface area contributed by atoms with Crippen LogP contribution in [0.25, 0.3) is 11.6 Å². The molecule has 3 rings (SSSR count). The molecule has 27 heavy (non-hydrogen) atoms. The lowest BCUT2D eigenvalue weighted by Crippen LogP contribution is -2.05. The van der Waals surface area contributed by atoms with Crippen LogP contribution < -0.4 is 0 Å². The van der Waals surface area contributed by atoms with Crippen LogP contribution in [0.3, 0.4) is 0 Å². The van der Waals surface area contributed by atoms with E-state index >= 15 is 0 Å². The van der Waals surface area contributed by atoms with Crippen molar-refractivity contribution in [2.75, 3.05) is 5.75 Å². The minimum Gasteiger partial charge on any atom is -0.461 e. The van der Waals surface area contributed by atoms with Crippen molar-refractivity contribution >= 4 is 17.5 Å². The second-order valence-corrected chi connectivity index (χ2v) is 7.27. The molecule has 5 nitrogen and oxygen atoms in total. The van der Waals surface area contributed by atoms with Gasteiger partial charge in [0, 0.05) is 12.1 Å². The minimum absolute atomic E-state index is 0.0726. The third-order valence-corrected chi connectivity index (χ3v) is 5.48. The van der Waals surface area contributed by atoms with Gasteiger partial charge in [-0.15, -0.1) is 16.8 Å². The van der Waals surface area contributed by atoms with Crippen molar-refractivity contribution < 1.29 is 9.21 Å². The molecule has 140 valence electrons. The highest BCUT2D eigenvalue weighted by Crippen LogP contribution is 2.25. The van der Waals surface area contributed by atoms with E-state index in [-0.39, 0.29) is 5.78 Å². The fourth-order valence-corrected chi connectivity index (χ4v) is 3.57. The summed E-state index contributed by atoms with van der Waals surface area (Å²) in [4.78, 5) is 12.6. The van der Waals surface area contributed by atoms with Crippen LogP contribution in [-0.2, 0) is 6.54 Å². The van der Waals surface area contributed by atoms with Crippen molar-refractivity contribution in [3.63, 3.8) is 0 Å². The molecule has 0 aliphatic rings. The summed E-state index contributed by atoms with van der Waals surface area (Å²) in [5.74, 6) is 2.15. The molecule has 0 fully saturated rings. The maximum Gasteiger partial charge on any atom is 0.200 e. The molecule has 0 saturated carbocycles.